The molecule has 1 heterocycles. The van der Waals surface area contributed by atoms with Crippen molar-refractivity contribution in [3.8, 4) is 0 Å². The molecule has 2 N–H and O–H groups in total. The van der Waals surface area contributed by atoms with Gasteiger partial charge >= 0.3 is 0 Å². The Hall–Kier alpha value is -2.55. The van der Waals surface area contributed by atoms with Crippen molar-refractivity contribution in [2.75, 3.05) is 17.2 Å². The Balaban J connectivity index is 1.85. The smallest absolute Gasteiger partial charge is 0.251 e. The van der Waals surface area contributed by atoms with Crippen LogP contribution in [0.5, 0.6) is 0 Å². The molecule has 1 aliphatic heterocycles. The Kier molecular flexibility index (Phi) is 4.01. The molecule has 0 spiro atoms. The van der Waals surface area contributed by atoms with Gasteiger partial charge in [-0.3, -0.25) is 4.79 Å². The summed E-state index contributed by atoms with van der Waals surface area (Å²) < 4.78 is 0. The van der Waals surface area contributed by atoms with Crippen molar-refractivity contribution < 1.29 is 4.79 Å². The lowest BCUT2D eigenvalue weighted by Gasteiger charge is -2.16. The Bertz CT molecular complexity index is 662. The van der Waals surface area contributed by atoms with Gasteiger partial charge in [-0.1, -0.05) is 36.4 Å². The summed E-state index contributed by atoms with van der Waals surface area (Å²) in [5, 5.41) is 6.36. The molecule has 2 aromatic carbocycles. The summed E-state index contributed by atoms with van der Waals surface area (Å²) in [5.41, 5.74) is 3.81. The summed E-state index contributed by atoms with van der Waals surface area (Å²) in [7, 11) is 0. The average Bonchev–Trinajstić information content (AvgIpc) is 2.49. The van der Waals surface area contributed by atoms with E-state index in [0.29, 0.717) is 0 Å². The highest BCUT2D eigenvalue weighted by Gasteiger charge is 2.13. The fourth-order valence-corrected chi connectivity index (χ4v) is 2.46. The van der Waals surface area contributed by atoms with Gasteiger partial charge in [-0.2, -0.15) is 0 Å². The fraction of sp³-hybridized carbons (Fsp3) is 0.167. The van der Waals surface area contributed by atoms with Gasteiger partial charge in [0.2, 0.25) is 0 Å². The van der Waals surface area contributed by atoms with Crippen LogP contribution in [0, 0.1) is 0 Å². The minimum Gasteiger partial charge on any atom is -0.385 e. The molecule has 0 radical (unpaired) electrons. The maximum absolute atomic E-state index is 12.4. The van der Waals surface area contributed by atoms with E-state index in [-0.39, 0.29) is 5.91 Å². The van der Waals surface area contributed by atoms with Crippen molar-refractivity contribution in [1.82, 2.24) is 0 Å². The quantitative estimate of drug-likeness (QED) is 0.874. The average molecular weight is 278 g/mol. The fourth-order valence-electron chi connectivity index (χ4n) is 2.46. The monoisotopic (exact) mass is 278 g/mol. The third kappa shape index (κ3) is 3.31. The third-order valence-corrected chi connectivity index (χ3v) is 3.55. The number of carbonyl (C=O) groups excluding carboxylic acids is 1. The number of benzene rings is 2. The van der Waals surface area contributed by atoms with Crippen LogP contribution in [-0.2, 0) is 4.79 Å². The lowest BCUT2D eigenvalue weighted by atomic mass is 10.0. The first-order chi connectivity index (χ1) is 10.3. The van der Waals surface area contributed by atoms with Gasteiger partial charge in [0.05, 0.1) is 0 Å². The topological polar surface area (TPSA) is 41.1 Å². The van der Waals surface area contributed by atoms with E-state index < -0.39 is 0 Å². The number of hydrogen-bond donors (Lipinski definition) is 2. The second-order valence-corrected chi connectivity index (χ2v) is 5.11. The zero-order valence-electron chi connectivity index (χ0n) is 11.8. The predicted octanol–water partition coefficient (Wildman–Crippen LogP) is 3.91. The van der Waals surface area contributed by atoms with Crippen LogP contribution in [0.3, 0.4) is 0 Å². The lowest BCUT2D eigenvalue weighted by molar-refractivity contribution is -0.112. The molecule has 1 aliphatic rings. The molecular formula is C18H18N2O. The highest BCUT2D eigenvalue weighted by Crippen LogP contribution is 2.23. The predicted molar refractivity (Wildman–Crippen MR) is 87.2 cm³/mol. The largest absolute Gasteiger partial charge is 0.385 e. The summed E-state index contributed by atoms with van der Waals surface area (Å²) >= 11 is 0. The van der Waals surface area contributed by atoms with Gasteiger partial charge in [0, 0.05) is 23.5 Å². The summed E-state index contributed by atoms with van der Waals surface area (Å²) in [4.78, 5) is 12.4. The number of anilines is 2. The highest BCUT2D eigenvalue weighted by atomic mass is 16.1. The van der Waals surface area contributed by atoms with E-state index in [0.717, 1.165) is 41.9 Å². The lowest BCUT2D eigenvalue weighted by Crippen LogP contribution is -2.16. The molecule has 21 heavy (non-hydrogen) atoms. The van der Waals surface area contributed by atoms with Gasteiger partial charge in [0.1, 0.15) is 0 Å². The summed E-state index contributed by atoms with van der Waals surface area (Å²) in [5.74, 6) is -0.0158. The zero-order valence-corrected chi connectivity index (χ0v) is 11.8. The summed E-state index contributed by atoms with van der Waals surface area (Å²) in [6, 6.07) is 17.6. The first-order valence-corrected chi connectivity index (χ1v) is 7.23. The number of carbonyl (C=O) groups is 1. The first kappa shape index (κ1) is 13.4. The standard InChI is InChI=1S/C18H18N2O/c21-18(20-16-9-2-1-3-10-16)15-8-6-12-19-17-11-5-4-7-14(17)13-15/h1-5,7,9-11,13,19H,6,8,12H2,(H,20,21)/b15-13+. The molecule has 0 aromatic heterocycles. The highest BCUT2D eigenvalue weighted by molar-refractivity contribution is 6.07. The van der Waals surface area contributed by atoms with E-state index in [9.17, 15) is 4.79 Å². The molecule has 1 amide bonds. The molecule has 106 valence electrons. The van der Waals surface area contributed by atoms with Gasteiger partial charge in [-0.15, -0.1) is 0 Å². The summed E-state index contributed by atoms with van der Waals surface area (Å²) in [6.07, 6.45) is 3.71. The van der Waals surface area contributed by atoms with E-state index in [1.165, 1.54) is 0 Å². The number of amides is 1. The number of hydrogen-bond acceptors (Lipinski definition) is 2. The summed E-state index contributed by atoms with van der Waals surface area (Å²) in [6.45, 7) is 0.882. The van der Waals surface area contributed by atoms with Crippen LogP contribution in [0.15, 0.2) is 60.2 Å². The van der Waals surface area contributed by atoms with Crippen molar-refractivity contribution in [1.29, 1.82) is 0 Å². The van der Waals surface area contributed by atoms with E-state index >= 15 is 0 Å². The molecule has 0 saturated heterocycles. The number of rotatable bonds is 2. The number of nitrogens with one attached hydrogen (secondary N) is 2. The molecule has 3 nitrogen and oxygen atoms in total. The van der Waals surface area contributed by atoms with Gasteiger partial charge in [-0.05, 0) is 42.7 Å². The maximum atomic E-state index is 12.4. The van der Waals surface area contributed by atoms with Crippen molar-refractivity contribution in [3.63, 3.8) is 0 Å². The molecule has 0 saturated carbocycles. The van der Waals surface area contributed by atoms with Crippen LogP contribution in [0.1, 0.15) is 18.4 Å². The van der Waals surface area contributed by atoms with E-state index in [2.05, 4.69) is 10.6 Å². The molecule has 3 heteroatoms. The second kappa shape index (κ2) is 6.27. The normalized spacial score (nSPS) is 16.5. The van der Waals surface area contributed by atoms with Gasteiger partial charge < -0.3 is 10.6 Å². The van der Waals surface area contributed by atoms with Crippen LogP contribution < -0.4 is 10.6 Å². The number of para-hydroxylation sites is 2. The molecule has 0 aliphatic carbocycles. The Labute approximate surface area is 124 Å². The van der Waals surface area contributed by atoms with E-state index in [1.807, 2.05) is 60.7 Å². The van der Waals surface area contributed by atoms with Crippen molar-refractivity contribution in [3.05, 3.63) is 65.7 Å². The first-order valence-electron chi connectivity index (χ1n) is 7.23. The van der Waals surface area contributed by atoms with Gasteiger partial charge in [-0.25, -0.2) is 0 Å². The molecule has 2 aromatic rings. The zero-order chi connectivity index (χ0) is 14.5. The maximum Gasteiger partial charge on any atom is 0.251 e. The molecule has 0 bridgehead atoms. The van der Waals surface area contributed by atoms with Crippen LogP contribution in [0.4, 0.5) is 11.4 Å². The Morgan fingerprint density at radius 1 is 1.00 bits per heavy atom. The minimum atomic E-state index is -0.0158. The van der Waals surface area contributed by atoms with Gasteiger partial charge in [0.15, 0.2) is 0 Å². The van der Waals surface area contributed by atoms with Crippen LogP contribution in [0.25, 0.3) is 6.08 Å². The van der Waals surface area contributed by atoms with Crippen molar-refractivity contribution in [2.45, 2.75) is 12.8 Å². The van der Waals surface area contributed by atoms with E-state index in [1.54, 1.807) is 0 Å². The van der Waals surface area contributed by atoms with Crippen molar-refractivity contribution >= 4 is 23.4 Å². The molecular weight excluding hydrogens is 260 g/mol. The Morgan fingerprint density at radius 3 is 2.62 bits per heavy atom. The number of fused-ring (bicyclic) bond motifs is 1. The molecule has 3 rings (SSSR count). The molecule has 0 unspecified atom stereocenters. The minimum absolute atomic E-state index is 0.0158. The third-order valence-electron chi connectivity index (χ3n) is 3.55. The SMILES string of the molecule is O=C(Nc1ccccc1)/C1=C/c2ccccc2NCCC1. The second-order valence-electron chi connectivity index (χ2n) is 5.11. The molecule has 0 atom stereocenters. The van der Waals surface area contributed by atoms with E-state index in [4.69, 9.17) is 0 Å². The van der Waals surface area contributed by atoms with Gasteiger partial charge in [0.25, 0.3) is 5.91 Å². The molecule has 0 fully saturated rings. The van der Waals surface area contributed by atoms with Crippen LogP contribution in [-0.4, -0.2) is 12.5 Å². The Morgan fingerprint density at radius 2 is 1.76 bits per heavy atom. The van der Waals surface area contributed by atoms with Crippen molar-refractivity contribution in [2.24, 2.45) is 0 Å². The van der Waals surface area contributed by atoms with Crippen LogP contribution >= 0.6 is 0 Å². The van der Waals surface area contributed by atoms with Crippen LogP contribution in [0.2, 0.25) is 0 Å².